The van der Waals surface area contributed by atoms with E-state index in [0.717, 1.165) is 30.4 Å². The number of fused-ring (bicyclic) bond motifs is 1. The lowest BCUT2D eigenvalue weighted by molar-refractivity contribution is 0.472. The van der Waals surface area contributed by atoms with Crippen LogP contribution in [0.5, 0.6) is 5.75 Å². The summed E-state index contributed by atoms with van der Waals surface area (Å²) in [5, 5.41) is 13.3. The predicted octanol–water partition coefficient (Wildman–Crippen LogP) is 5.44. The van der Waals surface area contributed by atoms with Crippen LogP contribution in [-0.2, 0) is 6.42 Å². The molecule has 110 valence electrons. The molecule has 0 heterocycles. The van der Waals surface area contributed by atoms with Gasteiger partial charge in [0.2, 0.25) is 0 Å². The highest BCUT2D eigenvalue weighted by Gasteiger charge is 2.22. The molecule has 1 unspecified atom stereocenters. The van der Waals surface area contributed by atoms with Crippen LogP contribution < -0.4 is 5.32 Å². The summed E-state index contributed by atoms with van der Waals surface area (Å²) >= 11 is 9.48. The van der Waals surface area contributed by atoms with Gasteiger partial charge in [-0.3, -0.25) is 0 Å². The lowest BCUT2D eigenvalue weighted by atomic mass is 9.87. The van der Waals surface area contributed by atoms with Crippen molar-refractivity contribution in [3.8, 4) is 5.75 Å². The first kappa shape index (κ1) is 14.7. The standard InChI is InChI=1S/C16H14BrClFNO/c17-13-7-10(19)8-14(18)16(13)20-15-3-1-2-9-6-11(21)4-5-12(9)15/h4-8,15,20-21H,1-3H2. The summed E-state index contributed by atoms with van der Waals surface area (Å²) in [5.41, 5.74) is 3.00. The maximum Gasteiger partial charge on any atom is 0.125 e. The zero-order chi connectivity index (χ0) is 15.0. The molecule has 3 rings (SSSR count). The Morgan fingerprint density at radius 2 is 2.10 bits per heavy atom. The molecule has 2 aromatic carbocycles. The van der Waals surface area contributed by atoms with Crippen LogP contribution in [0.3, 0.4) is 0 Å². The minimum Gasteiger partial charge on any atom is -0.508 e. The number of aromatic hydroxyl groups is 1. The van der Waals surface area contributed by atoms with E-state index in [-0.39, 0.29) is 17.6 Å². The van der Waals surface area contributed by atoms with E-state index in [0.29, 0.717) is 15.2 Å². The minimum absolute atomic E-state index is 0.105. The van der Waals surface area contributed by atoms with Crippen molar-refractivity contribution in [1.29, 1.82) is 0 Å². The maximum absolute atomic E-state index is 13.3. The number of phenolic OH excluding ortho intramolecular Hbond substituents is 1. The number of aryl methyl sites for hydroxylation is 1. The molecule has 1 aliphatic rings. The summed E-state index contributed by atoms with van der Waals surface area (Å²) in [4.78, 5) is 0. The lowest BCUT2D eigenvalue weighted by Gasteiger charge is -2.28. The summed E-state index contributed by atoms with van der Waals surface area (Å²) in [6, 6.07) is 8.25. The Bertz CT molecular complexity index is 669. The van der Waals surface area contributed by atoms with Gasteiger partial charge in [-0.1, -0.05) is 17.7 Å². The van der Waals surface area contributed by atoms with Gasteiger partial charge < -0.3 is 10.4 Å². The van der Waals surface area contributed by atoms with Crippen molar-refractivity contribution in [2.75, 3.05) is 5.32 Å². The first-order valence-electron chi connectivity index (χ1n) is 6.77. The van der Waals surface area contributed by atoms with E-state index in [2.05, 4.69) is 21.2 Å². The Balaban J connectivity index is 1.94. The number of hydrogen-bond donors (Lipinski definition) is 2. The minimum atomic E-state index is -0.369. The SMILES string of the molecule is Oc1ccc2c(c1)CCCC2Nc1c(Cl)cc(F)cc1Br. The molecule has 0 amide bonds. The molecule has 0 spiro atoms. The number of hydrogen-bond acceptors (Lipinski definition) is 2. The summed E-state index contributed by atoms with van der Waals surface area (Å²) in [5.74, 6) is -0.0817. The third-order valence-corrected chi connectivity index (χ3v) is 4.69. The average molecular weight is 371 g/mol. The second-order valence-electron chi connectivity index (χ2n) is 5.22. The number of anilines is 1. The molecule has 2 nitrogen and oxygen atoms in total. The van der Waals surface area contributed by atoms with E-state index >= 15 is 0 Å². The number of halogens is 3. The fourth-order valence-corrected chi connectivity index (χ4v) is 3.73. The van der Waals surface area contributed by atoms with Crippen molar-refractivity contribution >= 4 is 33.2 Å². The molecule has 2 aromatic rings. The van der Waals surface area contributed by atoms with Gasteiger partial charge in [-0.2, -0.15) is 0 Å². The second-order valence-corrected chi connectivity index (χ2v) is 6.48. The predicted molar refractivity (Wildman–Crippen MR) is 86.5 cm³/mol. The van der Waals surface area contributed by atoms with Crippen molar-refractivity contribution in [1.82, 2.24) is 0 Å². The Kier molecular flexibility index (Phi) is 4.09. The molecule has 1 atom stereocenters. The van der Waals surface area contributed by atoms with Crippen molar-refractivity contribution in [2.24, 2.45) is 0 Å². The van der Waals surface area contributed by atoms with Crippen molar-refractivity contribution in [2.45, 2.75) is 25.3 Å². The molecule has 0 fully saturated rings. The number of benzene rings is 2. The van der Waals surface area contributed by atoms with E-state index in [1.54, 1.807) is 6.07 Å². The van der Waals surface area contributed by atoms with Crippen molar-refractivity contribution < 1.29 is 9.50 Å². The maximum atomic E-state index is 13.3. The molecule has 0 aliphatic heterocycles. The quantitative estimate of drug-likeness (QED) is 0.738. The first-order valence-corrected chi connectivity index (χ1v) is 7.94. The Hall–Kier alpha value is -1.26. The molecule has 0 radical (unpaired) electrons. The van der Waals surface area contributed by atoms with E-state index in [1.807, 2.05) is 12.1 Å². The third kappa shape index (κ3) is 3.01. The van der Waals surface area contributed by atoms with Crippen LogP contribution in [0.4, 0.5) is 10.1 Å². The molecule has 0 saturated heterocycles. The lowest BCUT2D eigenvalue weighted by Crippen LogP contribution is -2.17. The molecule has 21 heavy (non-hydrogen) atoms. The van der Waals surface area contributed by atoms with Crippen LogP contribution in [-0.4, -0.2) is 5.11 Å². The normalized spacial score (nSPS) is 17.4. The van der Waals surface area contributed by atoms with E-state index in [1.165, 1.54) is 12.1 Å². The number of rotatable bonds is 2. The van der Waals surface area contributed by atoms with Gasteiger partial charge in [-0.15, -0.1) is 0 Å². The molecule has 0 saturated carbocycles. The zero-order valence-corrected chi connectivity index (χ0v) is 13.5. The smallest absolute Gasteiger partial charge is 0.125 e. The van der Waals surface area contributed by atoms with Gasteiger partial charge in [0, 0.05) is 4.47 Å². The van der Waals surface area contributed by atoms with Crippen LogP contribution in [0.1, 0.15) is 30.0 Å². The average Bonchev–Trinajstić information content (AvgIpc) is 2.42. The van der Waals surface area contributed by atoms with Crippen LogP contribution >= 0.6 is 27.5 Å². The molecule has 1 aliphatic carbocycles. The summed E-state index contributed by atoms with van der Waals surface area (Å²) in [6.07, 6.45) is 2.96. The zero-order valence-electron chi connectivity index (χ0n) is 11.2. The molecule has 5 heteroatoms. The molecule has 0 bridgehead atoms. The Morgan fingerprint density at radius 3 is 2.86 bits per heavy atom. The van der Waals surface area contributed by atoms with E-state index < -0.39 is 0 Å². The van der Waals surface area contributed by atoms with Gasteiger partial charge in [-0.05, 0) is 70.6 Å². The van der Waals surface area contributed by atoms with Gasteiger partial charge in [0.05, 0.1) is 16.8 Å². The van der Waals surface area contributed by atoms with E-state index in [4.69, 9.17) is 11.6 Å². The summed E-state index contributed by atoms with van der Waals surface area (Å²) in [7, 11) is 0. The highest BCUT2D eigenvalue weighted by molar-refractivity contribution is 9.10. The molecule has 0 aromatic heterocycles. The van der Waals surface area contributed by atoms with Crippen LogP contribution in [0.15, 0.2) is 34.8 Å². The fraction of sp³-hybridized carbons (Fsp3) is 0.250. The third-order valence-electron chi connectivity index (χ3n) is 3.77. The van der Waals surface area contributed by atoms with Crippen LogP contribution in [0.2, 0.25) is 5.02 Å². The summed E-state index contributed by atoms with van der Waals surface area (Å²) < 4.78 is 13.9. The van der Waals surface area contributed by atoms with Gasteiger partial charge in [0.25, 0.3) is 0 Å². The molecular weight excluding hydrogens is 357 g/mol. The second kappa shape index (κ2) is 5.85. The first-order chi connectivity index (χ1) is 10.0. The summed E-state index contributed by atoms with van der Waals surface area (Å²) in [6.45, 7) is 0. The number of nitrogens with one attached hydrogen (secondary N) is 1. The van der Waals surface area contributed by atoms with Gasteiger partial charge in [0.1, 0.15) is 11.6 Å². The Labute approximate surface area is 136 Å². The highest BCUT2D eigenvalue weighted by atomic mass is 79.9. The fourth-order valence-electron chi connectivity index (χ4n) is 2.80. The largest absolute Gasteiger partial charge is 0.508 e. The van der Waals surface area contributed by atoms with Gasteiger partial charge in [-0.25, -0.2) is 4.39 Å². The van der Waals surface area contributed by atoms with E-state index in [9.17, 15) is 9.50 Å². The Morgan fingerprint density at radius 1 is 1.29 bits per heavy atom. The number of phenols is 1. The highest BCUT2D eigenvalue weighted by Crippen LogP contribution is 2.39. The van der Waals surface area contributed by atoms with Crippen LogP contribution in [0, 0.1) is 5.82 Å². The van der Waals surface area contributed by atoms with Crippen molar-refractivity contribution in [3.05, 3.63) is 56.8 Å². The van der Waals surface area contributed by atoms with Gasteiger partial charge in [0.15, 0.2) is 0 Å². The van der Waals surface area contributed by atoms with Crippen LogP contribution in [0.25, 0.3) is 0 Å². The van der Waals surface area contributed by atoms with Crippen molar-refractivity contribution in [3.63, 3.8) is 0 Å². The monoisotopic (exact) mass is 369 g/mol. The van der Waals surface area contributed by atoms with Gasteiger partial charge >= 0.3 is 0 Å². The molecular formula is C16H14BrClFNO. The topological polar surface area (TPSA) is 32.3 Å². The molecule has 2 N–H and O–H groups in total.